The number of esters is 1. The Bertz CT molecular complexity index is 1250. The second-order valence-corrected chi connectivity index (χ2v) is 7.83. The average Bonchev–Trinajstić information content (AvgIpc) is 2.84. The summed E-state index contributed by atoms with van der Waals surface area (Å²) in [6.07, 6.45) is 0. The largest absolute Gasteiger partial charge is 0.495 e. The van der Waals surface area contributed by atoms with Crippen molar-refractivity contribution in [3.8, 4) is 17.2 Å². The fourth-order valence-corrected chi connectivity index (χ4v) is 3.45. The second kappa shape index (κ2) is 11.5. The lowest BCUT2D eigenvalue weighted by Crippen LogP contribution is -2.27. The van der Waals surface area contributed by atoms with Gasteiger partial charge < -0.3 is 24.8 Å². The zero-order valence-electron chi connectivity index (χ0n) is 19.0. The third-order valence-corrected chi connectivity index (χ3v) is 5.37. The summed E-state index contributed by atoms with van der Waals surface area (Å²) < 4.78 is 16.6. The van der Waals surface area contributed by atoms with E-state index in [2.05, 4.69) is 23.4 Å². The van der Waals surface area contributed by atoms with Crippen molar-refractivity contribution in [2.45, 2.75) is 6.92 Å². The van der Waals surface area contributed by atoms with Crippen LogP contribution in [0.2, 0.25) is 5.02 Å². The van der Waals surface area contributed by atoms with Gasteiger partial charge in [0.05, 0.1) is 36.2 Å². The lowest BCUT2D eigenvalue weighted by molar-refractivity contribution is -0.131. The van der Waals surface area contributed by atoms with Gasteiger partial charge in [-0.1, -0.05) is 36.5 Å². The maximum atomic E-state index is 12.7. The molecule has 0 aromatic heterocycles. The molecule has 0 aliphatic heterocycles. The maximum absolute atomic E-state index is 12.7. The molecule has 182 valence electrons. The lowest BCUT2D eigenvalue weighted by Gasteiger charge is -2.19. The van der Waals surface area contributed by atoms with E-state index in [-0.39, 0.29) is 11.3 Å². The monoisotopic (exact) mass is 515 g/mol. The number of urea groups is 1. The highest BCUT2D eigenvalue weighted by Gasteiger charge is 2.18. The number of nitrogens with zero attached hydrogens (tertiary/aromatic N) is 1. The van der Waals surface area contributed by atoms with Crippen molar-refractivity contribution in [1.29, 1.82) is 0 Å². The van der Waals surface area contributed by atoms with Crippen LogP contribution in [-0.2, 0) is 4.79 Å². The molecule has 0 saturated carbocycles. The average molecular weight is 516 g/mol. The van der Waals surface area contributed by atoms with Crippen LogP contribution in [-0.4, -0.2) is 32.1 Å². The van der Waals surface area contributed by atoms with Gasteiger partial charge in [-0.25, -0.2) is 9.10 Å². The number of carbonyl (C=O) groups is 3. The van der Waals surface area contributed by atoms with Gasteiger partial charge in [-0.2, -0.15) is 0 Å². The van der Waals surface area contributed by atoms with Gasteiger partial charge >= 0.3 is 12.0 Å². The number of thiol groups is 1. The van der Waals surface area contributed by atoms with E-state index >= 15 is 0 Å². The molecule has 0 atom stereocenters. The van der Waals surface area contributed by atoms with E-state index in [1.54, 1.807) is 48.5 Å². The van der Waals surface area contributed by atoms with Gasteiger partial charge in [-0.05, 0) is 42.5 Å². The molecule has 3 amide bonds. The lowest BCUT2D eigenvalue weighted by atomic mass is 10.2. The van der Waals surface area contributed by atoms with Crippen LogP contribution in [0.15, 0.2) is 60.7 Å². The minimum Gasteiger partial charge on any atom is -0.495 e. The standard InChI is InChI=1S/C24H22ClN3O6S/c1-14(29)34-20-7-5-4-6-17(20)23(30)26-15-8-10-16(11-9-15)28(35)24(31)27-19-12-18(25)21(32-2)13-22(19)33-3/h4-13,35H,1-3H3,(H,26,30)(H,27,31). The van der Waals surface area contributed by atoms with Gasteiger partial charge in [0.15, 0.2) is 0 Å². The van der Waals surface area contributed by atoms with Crippen LogP contribution in [0, 0.1) is 0 Å². The molecule has 0 aliphatic rings. The molecule has 9 nitrogen and oxygen atoms in total. The van der Waals surface area contributed by atoms with Crippen LogP contribution in [0.4, 0.5) is 21.9 Å². The predicted octanol–water partition coefficient (Wildman–Crippen LogP) is 5.42. The number of hydrogen-bond donors (Lipinski definition) is 3. The van der Waals surface area contributed by atoms with Crippen molar-refractivity contribution in [2.75, 3.05) is 29.2 Å². The van der Waals surface area contributed by atoms with Crippen molar-refractivity contribution in [3.05, 3.63) is 71.2 Å². The van der Waals surface area contributed by atoms with Gasteiger partial charge in [-0.15, -0.1) is 0 Å². The molecule has 0 unspecified atom stereocenters. The minimum atomic E-state index is -0.569. The van der Waals surface area contributed by atoms with Crippen molar-refractivity contribution in [1.82, 2.24) is 0 Å². The summed E-state index contributed by atoms with van der Waals surface area (Å²) in [6.45, 7) is 1.26. The van der Waals surface area contributed by atoms with E-state index in [9.17, 15) is 14.4 Å². The Kier molecular flexibility index (Phi) is 8.45. The Morgan fingerprint density at radius 1 is 0.886 bits per heavy atom. The predicted molar refractivity (Wildman–Crippen MR) is 137 cm³/mol. The smallest absolute Gasteiger partial charge is 0.336 e. The van der Waals surface area contributed by atoms with E-state index in [4.69, 9.17) is 25.8 Å². The number of carbonyl (C=O) groups excluding carboxylic acids is 3. The summed E-state index contributed by atoms with van der Waals surface area (Å²) in [7, 11) is 2.92. The number of ether oxygens (including phenoxy) is 3. The summed E-state index contributed by atoms with van der Waals surface area (Å²) in [4.78, 5) is 36.7. The quantitative estimate of drug-likeness (QED) is 0.220. The summed E-state index contributed by atoms with van der Waals surface area (Å²) in [5.74, 6) is -0.0815. The van der Waals surface area contributed by atoms with Gasteiger partial charge in [0.25, 0.3) is 5.91 Å². The summed E-state index contributed by atoms with van der Waals surface area (Å²) in [5.41, 5.74) is 1.43. The molecule has 0 fully saturated rings. The molecule has 0 bridgehead atoms. The highest BCUT2D eigenvalue weighted by atomic mass is 35.5. The second-order valence-electron chi connectivity index (χ2n) is 7.02. The first kappa shape index (κ1) is 25.7. The number of hydrogen-bond acceptors (Lipinski definition) is 7. The molecule has 11 heteroatoms. The molecule has 0 saturated heterocycles. The number of halogens is 1. The topological polar surface area (TPSA) is 106 Å². The number of benzene rings is 3. The van der Waals surface area contributed by atoms with Gasteiger partial charge in [0.2, 0.25) is 0 Å². The van der Waals surface area contributed by atoms with Gasteiger partial charge in [-0.3, -0.25) is 9.59 Å². The molecular formula is C24H22ClN3O6S. The summed E-state index contributed by atoms with van der Waals surface area (Å²) in [6, 6.07) is 15.3. The van der Waals surface area contributed by atoms with Crippen LogP contribution in [0.5, 0.6) is 17.2 Å². The number of nitrogens with one attached hydrogen (secondary N) is 2. The van der Waals surface area contributed by atoms with Crippen LogP contribution in [0.1, 0.15) is 17.3 Å². The van der Waals surface area contributed by atoms with Crippen molar-refractivity contribution in [3.63, 3.8) is 0 Å². The zero-order valence-corrected chi connectivity index (χ0v) is 20.6. The fourth-order valence-electron chi connectivity index (χ4n) is 3.03. The number of methoxy groups -OCH3 is 2. The fraction of sp³-hybridized carbons (Fsp3) is 0.125. The Morgan fingerprint density at radius 3 is 2.17 bits per heavy atom. The van der Waals surface area contributed by atoms with Crippen molar-refractivity contribution < 1.29 is 28.6 Å². The normalized spacial score (nSPS) is 10.2. The molecular weight excluding hydrogens is 494 g/mol. The Morgan fingerprint density at radius 2 is 1.54 bits per heavy atom. The molecule has 3 rings (SSSR count). The van der Waals surface area contributed by atoms with Gasteiger partial charge in [0, 0.05) is 18.7 Å². The Labute approximate surface area is 212 Å². The Hall–Kier alpha value is -3.89. The third-order valence-electron chi connectivity index (χ3n) is 4.66. The zero-order chi connectivity index (χ0) is 25.5. The molecule has 0 spiro atoms. The van der Waals surface area contributed by atoms with Crippen LogP contribution in [0.3, 0.4) is 0 Å². The first-order chi connectivity index (χ1) is 16.7. The third kappa shape index (κ3) is 6.37. The molecule has 0 aliphatic carbocycles. The van der Waals surface area contributed by atoms with Crippen molar-refractivity contribution >= 4 is 59.4 Å². The highest BCUT2D eigenvalue weighted by Crippen LogP contribution is 2.36. The number of anilines is 3. The van der Waals surface area contributed by atoms with Gasteiger partial charge in [0.1, 0.15) is 17.2 Å². The number of amides is 3. The highest BCUT2D eigenvalue weighted by molar-refractivity contribution is 7.82. The van der Waals surface area contributed by atoms with E-state index in [0.717, 1.165) is 4.31 Å². The number of para-hydroxylation sites is 1. The van der Waals surface area contributed by atoms with E-state index in [0.29, 0.717) is 33.6 Å². The molecule has 0 radical (unpaired) electrons. The van der Waals surface area contributed by atoms with E-state index in [1.165, 1.54) is 33.3 Å². The van der Waals surface area contributed by atoms with Crippen LogP contribution in [0.25, 0.3) is 0 Å². The molecule has 3 aromatic carbocycles. The molecule has 35 heavy (non-hydrogen) atoms. The molecule has 3 aromatic rings. The first-order valence-corrected chi connectivity index (χ1v) is 10.9. The summed E-state index contributed by atoms with van der Waals surface area (Å²) in [5, 5.41) is 5.69. The van der Waals surface area contributed by atoms with E-state index in [1.807, 2.05) is 0 Å². The van der Waals surface area contributed by atoms with Crippen molar-refractivity contribution in [2.24, 2.45) is 0 Å². The number of rotatable bonds is 7. The van der Waals surface area contributed by atoms with E-state index < -0.39 is 17.9 Å². The molecule has 2 N–H and O–H groups in total. The Balaban J connectivity index is 1.70. The molecule has 0 heterocycles. The summed E-state index contributed by atoms with van der Waals surface area (Å²) >= 11 is 10.4. The van der Waals surface area contributed by atoms with Crippen LogP contribution < -0.4 is 29.1 Å². The maximum Gasteiger partial charge on any atom is 0.336 e. The minimum absolute atomic E-state index is 0.154. The first-order valence-electron chi connectivity index (χ1n) is 10.1. The van der Waals surface area contributed by atoms with Crippen LogP contribution >= 0.6 is 24.4 Å². The SMILES string of the molecule is COc1cc(OC)c(NC(=O)N(S)c2ccc(NC(=O)c3ccccc3OC(C)=O)cc2)cc1Cl.